The predicted octanol–water partition coefficient (Wildman–Crippen LogP) is 0.863. The maximum Gasteiger partial charge on any atom is 0.211 e. The van der Waals surface area contributed by atoms with E-state index in [2.05, 4.69) is 23.9 Å². The minimum atomic E-state index is -3.12. The second kappa shape index (κ2) is 8.09. The van der Waals surface area contributed by atoms with Gasteiger partial charge in [-0.15, -0.1) is 0 Å². The first-order valence-corrected chi connectivity index (χ1v) is 8.46. The zero-order valence-electron chi connectivity index (χ0n) is 11.4. The summed E-state index contributed by atoms with van der Waals surface area (Å²) >= 11 is 0. The van der Waals surface area contributed by atoms with Gasteiger partial charge in [0, 0.05) is 25.3 Å². The quantitative estimate of drug-likeness (QED) is 0.646. The Kier molecular flexibility index (Phi) is 7.14. The predicted molar refractivity (Wildman–Crippen MR) is 73.1 cm³/mol. The molecule has 0 aromatic carbocycles. The number of nitrogens with one attached hydrogen (secondary N) is 2. The fourth-order valence-electron chi connectivity index (χ4n) is 1.94. The van der Waals surface area contributed by atoms with Gasteiger partial charge in [-0.25, -0.2) is 13.1 Å². The Hall–Kier alpha value is -0.170. The number of hydrogen-bond donors (Lipinski definition) is 2. The van der Waals surface area contributed by atoms with E-state index >= 15 is 0 Å². The van der Waals surface area contributed by atoms with Crippen LogP contribution in [0.1, 0.15) is 39.5 Å². The van der Waals surface area contributed by atoms with Crippen molar-refractivity contribution in [1.82, 2.24) is 10.0 Å². The molecule has 0 amide bonds. The Bertz CT molecular complexity index is 311. The summed E-state index contributed by atoms with van der Waals surface area (Å²) in [6.07, 6.45) is 3.17. The highest BCUT2D eigenvalue weighted by atomic mass is 32.2. The van der Waals surface area contributed by atoms with Crippen LogP contribution in [0.15, 0.2) is 0 Å². The molecule has 0 aromatic heterocycles. The van der Waals surface area contributed by atoms with Crippen molar-refractivity contribution in [1.29, 1.82) is 0 Å². The first-order chi connectivity index (χ1) is 8.49. The molecule has 1 aliphatic rings. The van der Waals surface area contributed by atoms with Crippen LogP contribution in [0, 0.1) is 0 Å². The van der Waals surface area contributed by atoms with Gasteiger partial charge in [0.1, 0.15) is 0 Å². The molecule has 0 saturated carbocycles. The van der Waals surface area contributed by atoms with Gasteiger partial charge in [0.25, 0.3) is 0 Å². The molecular formula is C12H26N2O3S. The summed E-state index contributed by atoms with van der Waals surface area (Å²) in [4.78, 5) is 0. The average molecular weight is 278 g/mol. The molecule has 6 heteroatoms. The molecule has 0 aromatic rings. The SMILES string of the molecule is CC(C)NCCCCS(=O)(=O)NC1CCOCC1. The van der Waals surface area contributed by atoms with Crippen LogP contribution in [0.25, 0.3) is 0 Å². The lowest BCUT2D eigenvalue weighted by Gasteiger charge is -2.22. The van der Waals surface area contributed by atoms with Gasteiger partial charge in [0.05, 0.1) is 5.75 Å². The Morgan fingerprint density at radius 1 is 1.22 bits per heavy atom. The highest BCUT2D eigenvalue weighted by Gasteiger charge is 2.19. The summed E-state index contributed by atoms with van der Waals surface area (Å²) in [5, 5.41) is 3.28. The molecule has 0 aliphatic carbocycles. The third-order valence-corrected chi connectivity index (χ3v) is 4.48. The van der Waals surface area contributed by atoms with Crippen molar-refractivity contribution in [2.45, 2.75) is 51.6 Å². The largest absolute Gasteiger partial charge is 0.381 e. The van der Waals surface area contributed by atoms with E-state index in [1.165, 1.54) is 0 Å². The van der Waals surface area contributed by atoms with Gasteiger partial charge in [-0.2, -0.15) is 0 Å². The molecule has 0 unspecified atom stereocenters. The highest BCUT2D eigenvalue weighted by Crippen LogP contribution is 2.08. The van der Waals surface area contributed by atoms with Crippen LogP contribution >= 0.6 is 0 Å². The van der Waals surface area contributed by atoms with Crippen LogP contribution in [0.3, 0.4) is 0 Å². The van der Waals surface area contributed by atoms with Crippen molar-refractivity contribution in [3.05, 3.63) is 0 Å². The molecule has 18 heavy (non-hydrogen) atoms. The number of ether oxygens (including phenoxy) is 1. The topological polar surface area (TPSA) is 67.4 Å². The normalized spacial score (nSPS) is 18.4. The van der Waals surface area contributed by atoms with E-state index in [9.17, 15) is 8.42 Å². The Morgan fingerprint density at radius 3 is 2.50 bits per heavy atom. The second-order valence-corrected chi connectivity index (χ2v) is 7.01. The van der Waals surface area contributed by atoms with E-state index in [4.69, 9.17) is 4.74 Å². The number of hydrogen-bond acceptors (Lipinski definition) is 4. The smallest absolute Gasteiger partial charge is 0.211 e. The second-order valence-electron chi connectivity index (χ2n) is 5.14. The summed E-state index contributed by atoms with van der Waals surface area (Å²) < 4.78 is 31.6. The maximum absolute atomic E-state index is 11.8. The summed E-state index contributed by atoms with van der Waals surface area (Å²) in [7, 11) is -3.12. The van der Waals surface area contributed by atoms with Gasteiger partial charge in [-0.05, 0) is 32.2 Å². The molecule has 0 bridgehead atoms. The van der Waals surface area contributed by atoms with Gasteiger partial charge in [0.2, 0.25) is 10.0 Å². The molecule has 0 atom stereocenters. The van der Waals surface area contributed by atoms with Crippen molar-refractivity contribution in [2.75, 3.05) is 25.5 Å². The van der Waals surface area contributed by atoms with Crippen LogP contribution in [0.5, 0.6) is 0 Å². The molecule has 1 heterocycles. The Labute approximate surface area is 111 Å². The molecule has 2 N–H and O–H groups in total. The highest BCUT2D eigenvalue weighted by molar-refractivity contribution is 7.89. The first kappa shape index (κ1) is 15.9. The molecule has 5 nitrogen and oxygen atoms in total. The molecule has 1 aliphatic heterocycles. The number of unbranched alkanes of at least 4 members (excludes halogenated alkanes) is 1. The fourth-order valence-corrected chi connectivity index (χ4v) is 3.38. The first-order valence-electron chi connectivity index (χ1n) is 6.81. The summed E-state index contributed by atoms with van der Waals surface area (Å²) in [5.41, 5.74) is 0. The third-order valence-electron chi connectivity index (χ3n) is 2.96. The number of rotatable bonds is 8. The van der Waals surface area contributed by atoms with Crippen LogP contribution in [-0.2, 0) is 14.8 Å². The lowest BCUT2D eigenvalue weighted by Crippen LogP contribution is -2.40. The molecule has 1 rings (SSSR count). The minimum absolute atomic E-state index is 0.0672. The van der Waals surface area contributed by atoms with Gasteiger partial charge >= 0.3 is 0 Å². The molecule has 0 spiro atoms. The van der Waals surface area contributed by atoms with Gasteiger partial charge < -0.3 is 10.1 Å². The zero-order valence-corrected chi connectivity index (χ0v) is 12.3. The van der Waals surface area contributed by atoms with E-state index < -0.39 is 10.0 Å². The van der Waals surface area contributed by atoms with E-state index in [0.717, 1.165) is 25.8 Å². The van der Waals surface area contributed by atoms with E-state index in [-0.39, 0.29) is 11.8 Å². The lowest BCUT2D eigenvalue weighted by molar-refractivity contribution is 0.0832. The Morgan fingerprint density at radius 2 is 1.89 bits per heavy atom. The van der Waals surface area contributed by atoms with Crippen molar-refractivity contribution in [3.8, 4) is 0 Å². The van der Waals surface area contributed by atoms with E-state index in [1.807, 2.05) is 0 Å². The standard InChI is InChI=1S/C12H26N2O3S/c1-11(2)13-7-3-4-10-18(15,16)14-12-5-8-17-9-6-12/h11-14H,3-10H2,1-2H3. The van der Waals surface area contributed by atoms with Crippen molar-refractivity contribution in [3.63, 3.8) is 0 Å². The van der Waals surface area contributed by atoms with Crippen molar-refractivity contribution in [2.24, 2.45) is 0 Å². The van der Waals surface area contributed by atoms with Crippen LogP contribution in [-0.4, -0.2) is 46.0 Å². The van der Waals surface area contributed by atoms with Gasteiger partial charge in [-0.1, -0.05) is 13.8 Å². The molecular weight excluding hydrogens is 252 g/mol. The van der Waals surface area contributed by atoms with E-state index in [1.54, 1.807) is 0 Å². The van der Waals surface area contributed by atoms with Crippen molar-refractivity contribution >= 4 is 10.0 Å². The Balaban J connectivity index is 2.14. The third kappa shape index (κ3) is 7.31. The van der Waals surface area contributed by atoms with Crippen molar-refractivity contribution < 1.29 is 13.2 Å². The molecule has 1 saturated heterocycles. The zero-order chi connectivity index (χ0) is 13.4. The van der Waals surface area contributed by atoms with E-state index in [0.29, 0.717) is 25.7 Å². The minimum Gasteiger partial charge on any atom is -0.381 e. The van der Waals surface area contributed by atoms with Crippen LogP contribution in [0.2, 0.25) is 0 Å². The number of sulfonamides is 1. The summed E-state index contributed by atoms with van der Waals surface area (Å²) in [5.74, 6) is 0.226. The molecule has 0 radical (unpaired) electrons. The van der Waals surface area contributed by atoms with Gasteiger partial charge in [-0.3, -0.25) is 0 Å². The average Bonchev–Trinajstić information content (AvgIpc) is 2.28. The van der Waals surface area contributed by atoms with Gasteiger partial charge in [0.15, 0.2) is 0 Å². The lowest BCUT2D eigenvalue weighted by atomic mass is 10.1. The molecule has 108 valence electrons. The van der Waals surface area contributed by atoms with Crippen LogP contribution < -0.4 is 10.0 Å². The molecule has 1 fully saturated rings. The van der Waals surface area contributed by atoms with Crippen LogP contribution in [0.4, 0.5) is 0 Å². The summed E-state index contributed by atoms with van der Waals surface area (Å²) in [6.45, 7) is 6.37. The monoisotopic (exact) mass is 278 g/mol. The summed E-state index contributed by atoms with van der Waals surface area (Å²) in [6, 6.07) is 0.527. The maximum atomic E-state index is 11.8. The fraction of sp³-hybridized carbons (Fsp3) is 1.00.